The Morgan fingerprint density at radius 2 is 1.85 bits per heavy atom. The van der Waals surface area contributed by atoms with Crippen LogP contribution in [0.5, 0.6) is 0 Å². The lowest BCUT2D eigenvalue weighted by atomic mass is 10.2. The van der Waals surface area contributed by atoms with Crippen LogP contribution in [-0.2, 0) is 0 Å². The Labute approximate surface area is 154 Å². The van der Waals surface area contributed by atoms with Crippen molar-refractivity contribution in [3.63, 3.8) is 0 Å². The highest BCUT2D eigenvalue weighted by Gasteiger charge is 2.20. The maximum atomic E-state index is 13.9. The third kappa shape index (κ3) is 3.66. The summed E-state index contributed by atoms with van der Waals surface area (Å²) in [6, 6.07) is 9.46. The quantitative estimate of drug-likeness (QED) is 0.641. The number of anilines is 1. The Morgan fingerprint density at radius 1 is 1.00 bits per heavy atom. The van der Waals surface area contributed by atoms with Gasteiger partial charge in [-0.25, -0.2) is 8.78 Å². The number of thioether (sulfide) groups is 1. The Kier molecular flexibility index (Phi) is 5.03. The Balaban J connectivity index is 1.28. The van der Waals surface area contributed by atoms with Gasteiger partial charge in [0.25, 0.3) is 0 Å². The summed E-state index contributed by atoms with van der Waals surface area (Å²) in [5.74, 6) is 0.138. The van der Waals surface area contributed by atoms with Crippen molar-refractivity contribution in [1.29, 1.82) is 0 Å². The molecular formula is C18H19F2N5S. The van der Waals surface area contributed by atoms with Gasteiger partial charge in [0.15, 0.2) is 10.8 Å². The summed E-state index contributed by atoms with van der Waals surface area (Å²) in [5, 5.41) is 9.26. The summed E-state index contributed by atoms with van der Waals surface area (Å²) >= 11 is 1.68. The van der Waals surface area contributed by atoms with Gasteiger partial charge in [-0.1, -0.05) is 17.8 Å². The van der Waals surface area contributed by atoms with E-state index in [2.05, 4.69) is 15.1 Å². The number of pyridine rings is 1. The van der Waals surface area contributed by atoms with Gasteiger partial charge in [0.05, 0.1) is 5.69 Å². The van der Waals surface area contributed by atoms with E-state index in [0.29, 0.717) is 18.8 Å². The molecule has 0 bridgehead atoms. The molecule has 5 nitrogen and oxygen atoms in total. The smallest absolute Gasteiger partial charge is 0.195 e. The summed E-state index contributed by atoms with van der Waals surface area (Å²) in [6.07, 6.45) is 1.96. The van der Waals surface area contributed by atoms with E-state index >= 15 is 0 Å². The van der Waals surface area contributed by atoms with Gasteiger partial charge >= 0.3 is 0 Å². The van der Waals surface area contributed by atoms with Crippen molar-refractivity contribution in [2.75, 3.05) is 43.4 Å². The number of hydrogen-bond acceptors (Lipinski definition) is 5. The van der Waals surface area contributed by atoms with Crippen LogP contribution in [0.1, 0.15) is 0 Å². The monoisotopic (exact) mass is 375 g/mol. The zero-order valence-corrected chi connectivity index (χ0v) is 15.0. The van der Waals surface area contributed by atoms with Crippen LogP contribution in [0.4, 0.5) is 14.5 Å². The predicted molar refractivity (Wildman–Crippen MR) is 98.7 cm³/mol. The number of halogens is 2. The van der Waals surface area contributed by atoms with Crippen LogP contribution in [-0.4, -0.2) is 58.0 Å². The summed E-state index contributed by atoms with van der Waals surface area (Å²) in [6.45, 7) is 3.97. The molecule has 1 aliphatic rings. The van der Waals surface area contributed by atoms with Crippen LogP contribution in [0, 0.1) is 11.6 Å². The van der Waals surface area contributed by atoms with Gasteiger partial charge in [0, 0.05) is 50.7 Å². The molecule has 0 unspecified atom stereocenters. The average molecular weight is 375 g/mol. The van der Waals surface area contributed by atoms with E-state index in [-0.39, 0.29) is 5.82 Å². The molecule has 8 heteroatoms. The minimum Gasteiger partial charge on any atom is -0.367 e. The molecule has 2 aromatic heterocycles. The van der Waals surface area contributed by atoms with Crippen LogP contribution in [0.2, 0.25) is 0 Å². The van der Waals surface area contributed by atoms with E-state index in [1.165, 1.54) is 12.1 Å². The number of aromatic nitrogens is 3. The van der Waals surface area contributed by atoms with Crippen LogP contribution in [0.15, 0.2) is 47.8 Å². The molecule has 136 valence electrons. The fraction of sp³-hybridized carbons (Fsp3) is 0.333. The second-order valence-corrected chi connectivity index (χ2v) is 7.25. The summed E-state index contributed by atoms with van der Waals surface area (Å²) in [4.78, 5) is 4.25. The Hall–Kier alpha value is -2.19. The topological polar surface area (TPSA) is 36.7 Å². The van der Waals surface area contributed by atoms with Crippen LogP contribution in [0.3, 0.4) is 0 Å². The van der Waals surface area contributed by atoms with E-state index in [0.717, 1.165) is 42.3 Å². The van der Waals surface area contributed by atoms with E-state index in [1.54, 1.807) is 11.8 Å². The van der Waals surface area contributed by atoms with Gasteiger partial charge in [-0.2, -0.15) is 0 Å². The standard InChI is InChI=1S/C18H19F2N5S/c19-14-4-5-15(20)16(13-14)24-9-7-23(8-10-24)11-12-26-18-22-21-17-3-1-2-6-25(17)18/h1-6,13H,7-12H2. The zero-order valence-electron chi connectivity index (χ0n) is 14.2. The molecule has 1 saturated heterocycles. The SMILES string of the molecule is Fc1ccc(F)c(N2CCN(CCSc3nnc4ccccn34)CC2)c1. The molecule has 26 heavy (non-hydrogen) atoms. The lowest BCUT2D eigenvalue weighted by Crippen LogP contribution is -2.47. The molecule has 0 spiro atoms. The van der Waals surface area contributed by atoms with Crippen molar-refractivity contribution >= 4 is 23.1 Å². The first-order valence-corrected chi connectivity index (χ1v) is 9.54. The largest absolute Gasteiger partial charge is 0.367 e. The average Bonchev–Trinajstić information content (AvgIpc) is 3.08. The third-order valence-corrected chi connectivity index (χ3v) is 5.47. The molecular weight excluding hydrogens is 356 g/mol. The molecule has 1 aliphatic heterocycles. The number of fused-ring (bicyclic) bond motifs is 1. The second kappa shape index (κ2) is 7.59. The molecule has 1 fully saturated rings. The van der Waals surface area contributed by atoms with E-state index < -0.39 is 5.82 Å². The molecule has 3 aromatic rings. The zero-order chi connectivity index (χ0) is 17.9. The van der Waals surface area contributed by atoms with Crippen LogP contribution in [0.25, 0.3) is 5.65 Å². The lowest BCUT2D eigenvalue weighted by molar-refractivity contribution is 0.272. The van der Waals surface area contributed by atoms with Crippen molar-refractivity contribution in [3.05, 3.63) is 54.2 Å². The normalized spacial score (nSPS) is 15.7. The van der Waals surface area contributed by atoms with Gasteiger partial charge in [0.1, 0.15) is 11.6 Å². The molecule has 0 amide bonds. The maximum Gasteiger partial charge on any atom is 0.195 e. The van der Waals surface area contributed by atoms with E-state index in [4.69, 9.17) is 0 Å². The molecule has 1 aromatic carbocycles. The number of rotatable bonds is 5. The van der Waals surface area contributed by atoms with Crippen molar-refractivity contribution in [2.45, 2.75) is 5.16 Å². The van der Waals surface area contributed by atoms with Crippen molar-refractivity contribution < 1.29 is 8.78 Å². The number of piperazine rings is 1. The molecule has 0 saturated carbocycles. The molecule has 0 atom stereocenters. The number of nitrogens with zero attached hydrogens (tertiary/aromatic N) is 5. The fourth-order valence-electron chi connectivity index (χ4n) is 3.12. The maximum absolute atomic E-state index is 13.9. The van der Waals surface area contributed by atoms with Crippen LogP contribution < -0.4 is 4.90 Å². The number of benzene rings is 1. The van der Waals surface area contributed by atoms with Gasteiger partial charge < -0.3 is 4.90 Å². The molecule has 0 aliphatic carbocycles. The minimum atomic E-state index is -0.402. The first kappa shape index (κ1) is 17.2. The van der Waals surface area contributed by atoms with Gasteiger partial charge in [-0.3, -0.25) is 9.30 Å². The van der Waals surface area contributed by atoms with Crippen molar-refractivity contribution in [3.8, 4) is 0 Å². The summed E-state index contributed by atoms with van der Waals surface area (Å²) in [5.41, 5.74) is 1.20. The van der Waals surface area contributed by atoms with Crippen LogP contribution >= 0.6 is 11.8 Å². The van der Waals surface area contributed by atoms with Crippen molar-refractivity contribution in [2.24, 2.45) is 0 Å². The Bertz CT molecular complexity index is 892. The highest BCUT2D eigenvalue weighted by molar-refractivity contribution is 7.99. The molecule has 4 rings (SSSR count). The minimum absolute atomic E-state index is 0.356. The first-order chi connectivity index (χ1) is 12.7. The summed E-state index contributed by atoms with van der Waals surface area (Å²) < 4.78 is 29.3. The molecule has 0 radical (unpaired) electrons. The Morgan fingerprint density at radius 3 is 2.69 bits per heavy atom. The molecule has 0 N–H and O–H groups in total. The number of hydrogen-bond donors (Lipinski definition) is 0. The van der Waals surface area contributed by atoms with Crippen molar-refractivity contribution in [1.82, 2.24) is 19.5 Å². The highest BCUT2D eigenvalue weighted by atomic mass is 32.2. The van der Waals surface area contributed by atoms with Gasteiger partial charge in [0.2, 0.25) is 0 Å². The second-order valence-electron chi connectivity index (χ2n) is 6.18. The molecule has 3 heterocycles. The summed E-state index contributed by atoms with van der Waals surface area (Å²) in [7, 11) is 0. The third-order valence-electron chi connectivity index (χ3n) is 4.54. The van der Waals surface area contributed by atoms with E-state index in [1.807, 2.05) is 33.7 Å². The highest BCUT2D eigenvalue weighted by Crippen LogP contribution is 2.22. The van der Waals surface area contributed by atoms with Gasteiger partial charge in [-0.05, 0) is 24.3 Å². The lowest BCUT2D eigenvalue weighted by Gasteiger charge is -2.36. The van der Waals surface area contributed by atoms with Gasteiger partial charge in [-0.15, -0.1) is 10.2 Å². The first-order valence-electron chi connectivity index (χ1n) is 8.55. The van der Waals surface area contributed by atoms with E-state index in [9.17, 15) is 8.78 Å². The fourth-order valence-corrected chi connectivity index (χ4v) is 4.05. The predicted octanol–water partition coefficient (Wildman–Crippen LogP) is 2.92.